The fourth-order valence-corrected chi connectivity index (χ4v) is 3.80. The molecule has 0 unspecified atom stereocenters. The Bertz CT molecular complexity index is 748. The van der Waals surface area contributed by atoms with Crippen LogP contribution >= 0.6 is 0 Å². The number of nitrogens with one attached hydrogen (secondary N) is 2. The molecule has 0 aromatic heterocycles. The molecule has 1 aliphatic heterocycles. The Balaban J connectivity index is 1.89. The van der Waals surface area contributed by atoms with Crippen molar-refractivity contribution in [3.8, 4) is 0 Å². The highest BCUT2D eigenvalue weighted by Crippen LogP contribution is 2.24. The van der Waals surface area contributed by atoms with E-state index in [-0.39, 0.29) is 11.3 Å². The highest BCUT2D eigenvalue weighted by atomic mass is 32.2. The fraction of sp³-hybridized carbons (Fsp3) is 0.429. The molecule has 1 heterocycles. The summed E-state index contributed by atoms with van der Waals surface area (Å²) in [6, 6.07) is 5.68. The first kappa shape index (κ1) is 19.0. The zero-order chi connectivity index (χ0) is 18.7. The van der Waals surface area contributed by atoms with Gasteiger partial charge >= 0.3 is 6.18 Å². The molecule has 0 spiro atoms. The summed E-state index contributed by atoms with van der Waals surface area (Å²) in [5.74, 6) is -1.55. The van der Waals surface area contributed by atoms with Crippen LogP contribution in [0.25, 0.3) is 0 Å². The third-order valence-electron chi connectivity index (χ3n) is 3.41. The number of hydrogen-bond acceptors (Lipinski definition) is 4. The van der Waals surface area contributed by atoms with Crippen molar-refractivity contribution in [1.82, 2.24) is 10.6 Å². The van der Waals surface area contributed by atoms with Crippen LogP contribution in [-0.4, -0.2) is 51.8 Å². The van der Waals surface area contributed by atoms with Gasteiger partial charge in [0.15, 0.2) is 0 Å². The summed E-state index contributed by atoms with van der Waals surface area (Å²) in [7, 11) is -3.33. The second kappa shape index (κ2) is 7.30. The first-order chi connectivity index (χ1) is 11.6. The average Bonchev–Trinajstić information content (AvgIpc) is 2.89. The molecule has 2 N–H and O–H groups in total. The lowest BCUT2D eigenvalue weighted by Gasteiger charge is -2.17. The number of alkyl halides is 3. The molecule has 1 fully saturated rings. The number of halogens is 3. The van der Waals surface area contributed by atoms with Crippen LogP contribution in [0.4, 0.5) is 18.9 Å². The molecule has 1 aliphatic rings. The topological polar surface area (TPSA) is 95.6 Å². The second-order valence-corrected chi connectivity index (χ2v) is 7.38. The van der Waals surface area contributed by atoms with Gasteiger partial charge in [0, 0.05) is 12.1 Å². The smallest absolute Gasteiger partial charge is 0.345 e. The number of amides is 2. The lowest BCUT2D eigenvalue weighted by molar-refractivity contribution is -0.137. The summed E-state index contributed by atoms with van der Waals surface area (Å²) in [4.78, 5) is 23.1. The Morgan fingerprint density at radius 1 is 1.12 bits per heavy atom. The van der Waals surface area contributed by atoms with E-state index < -0.39 is 41.1 Å². The highest BCUT2D eigenvalue weighted by Gasteiger charge is 2.29. The Morgan fingerprint density at radius 3 is 2.28 bits per heavy atom. The average molecular weight is 379 g/mol. The van der Waals surface area contributed by atoms with E-state index in [4.69, 9.17) is 0 Å². The van der Waals surface area contributed by atoms with Gasteiger partial charge in [-0.25, -0.2) is 8.42 Å². The van der Waals surface area contributed by atoms with Gasteiger partial charge in [0.1, 0.15) is 6.54 Å². The number of carbonyl (C=O) groups excluding carboxylic acids is 2. The molecule has 7 nitrogen and oxygen atoms in total. The van der Waals surface area contributed by atoms with E-state index in [9.17, 15) is 31.2 Å². The van der Waals surface area contributed by atoms with E-state index in [1.165, 1.54) is 28.6 Å². The van der Waals surface area contributed by atoms with E-state index >= 15 is 0 Å². The van der Waals surface area contributed by atoms with Crippen molar-refractivity contribution in [2.45, 2.75) is 12.6 Å². The SMILES string of the molecule is O=C(CNC(=O)c1ccc(N2CCCS2(=O)=O)cc1)NCC(F)(F)F. The lowest BCUT2D eigenvalue weighted by Crippen LogP contribution is -2.40. The van der Waals surface area contributed by atoms with Crippen molar-refractivity contribution in [1.29, 1.82) is 0 Å². The van der Waals surface area contributed by atoms with E-state index in [0.29, 0.717) is 18.7 Å². The first-order valence-corrected chi connectivity index (χ1v) is 8.91. The van der Waals surface area contributed by atoms with Gasteiger partial charge in [-0.3, -0.25) is 13.9 Å². The Kier molecular flexibility index (Phi) is 5.55. The number of anilines is 1. The molecule has 25 heavy (non-hydrogen) atoms. The monoisotopic (exact) mass is 379 g/mol. The number of nitrogens with zero attached hydrogens (tertiary/aromatic N) is 1. The highest BCUT2D eigenvalue weighted by molar-refractivity contribution is 7.93. The van der Waals surface area contributed by atoms with Crippen LogP contribution in [0.1, 0.15) is 16.8 Å². The minimum Gasteiger partial charge on any atom is -0.345 e. The van der Waals surface area contributed by atoms with E-state index in [2.05, 4.69) is 5.32 Å². The van der Waals surface area contributed by atoms with Crippen LogP contribution in [-0.2, 0) is 14.8 Å². The summed E-state index contributed by atoms with van der Waals surface area (Å²) >= 11 is 0. The van der Waals surface area contributed by atoms with Crippen molar-refractivity contribution in [3.05, 3.63) is 29.8 Å². The molecule has 0 atom stereocenters. The molecular formula is C14H16F3N3O4S. The molecule has 1 aromatic rings. The molecule has 1 saturated heterocycles. The van der Waals surface area contributed by atoms with Gasteiger partial charge < -0.3 is 10.6 Å². The first-order valence-electron chi connectivity index (χ1n) is 7.31. The largest absolute Gasteiger partial charge is 0.405 e. The number of rotatable bonds is 5. The van der Waals surface area contributed by atoms with Crippen LogP contribution in [0.3, 0.4) is 0 Å². The minimum atomic E-state index is -4.52. The summed E-state index contributed by atoms with van der Waals surface area (Å²) < 4.78 is 60.7. The molecule has 2 rings (SSSR count). The third kappa shape index (κ3) is 5.34. The number of benzene rings is 1. The van der Waals surface area contributed by atoms with Crippen LogP contribution in [0, 0.1) is 0 Å². The summed E-state index contributed by atoms with van der Waals surface area (Å²) in [5, 5.41) is 3.82. The quantitative estimate of drug-likeness (QED) is 0.785. The van der Waals surface area contributed by atoms with Gasteiger partial charge in [-0.2, -0.15) is 13.2 Å². The minimum absolute atomic E-state index is 0.0717. The molecule has 1 aromatic carbocycles. The van der Waals surface area contributed by atoms with E-state index in [1.54, 1.807) is 5.32 Å². The molecule has 2 amide bonds. The third-order valence-corrected chi connectivity index (χ3v) is 5.28. The van der Waals surface area contributed by atoms with Gasteiger partial charge in [-0.05, 0) is 30.7 Å². The van der Waals surface area contributed by atoms with Crippen LogP contribution < -0.4 is 14.9 Å². The lowest BCUT2D eigenvalue weighted by atomic mass is 10.2. The molecule has 0 bridgehead atoms. The Labute approximate surface area is 142 Å². The number of sulfonamides is 1. The Hall–Kier alpha value is -2.30. The van der Waals surface area contributed by atoms with E-state index in [1.807, 2.05) is 0 Å². The molecular weight excluding hydrogens is 363 g/mol. The molecule has 0 radical (unpaired) electrons. The van der Waals surface area contributed by atoms with Crippen LogP contribution in [0.2, 0.25) is 0 Å². The van der Waals surface area contributed by atoms with Gasteiger partial charge in [0.25, 0.3) is 5.91 Å². The molecule has 0 saturated carbocycles. The maximum atomic E-state index is 12.0. The fourth-order valence-electron chi connectivity index (χ4n) is 2.23. The van der Waals surface area contributed by atoms with Gasteiger partial charge in [-0.1, -0.05) is 0 Å². The van der Waals surface area contributed by atoms with Crippen molar-refractivity contribution in [2.24, 2.45) is 0 Å². The summed E-state index contributed by atoms with van der Waals surface area (Å²) in [6.45, 7) is -1.70. The van der Waals surface area contributed by atoms with Crippen molar-refractivity contribution in [3.63, 3.8) is 0 Å². The van der Waals surface area contributed by atoms with Crippen molar-refractivity contribution >= 4 is 27.5 Å². The van der Waals surface area contributed by atoms with Crippen molar-refractivity contribution in [2.75, 3.05) is 29.7 Å². The number of carbonyl (C=O) groups is 2. The molecule has 11 heteroatoms. The van der Waals surface area contributed by atoms with Gasteiger partial charge in [0.2, 0.25) is 15.9 Å². The summed E-state index contributed by atoms with van der Waals surface area (Å²) in [6.07, 6.45) is -4.00. The molecule has 0 aliphatic carbocycles. The maximum absolute atomic E-state index is 12.0. The predicted molar refractivity (Wildman–Crippen MR) is 83.6 cm³/mol. The maximum Gasteiger partial charge on any atom is 0.405 e. The normalized spacial score (nSPS) is 16.5. The number of hydrogen-bond donors (Lipinski definition) is 2. The van der Waals surface area contributed by atoms with Gasteiger partial charge in [0.05, 0.1) is 18.0 Å². The zero-order valence-electron chi connectivity index (χ0n) is 13.0. The van der Waals surface area contributed by atoms with Crippen molar-refractivity contribution < 1.29 is 31.2 Å². The predicted octanol–water partition coefficient (Wildman–Crippen LogP) is 0.635. The standard InChI is InChI=1S/C14H16F3N3O4S/c15-14(16,17)9-19-12(21)8-18-13(22)10-2-4-11(5-3-10)20-6-1-7-25(20,23)24/h2-5H,1,6-9H2,(H,18,22)(H,19,21). The van der Waals surface area contributed by atoms with Crippen LogP contribution in [0.15, 0.2) is 24.3 Å². The Morgan fingerprint density at radius 2 is 1.76 bits per heavy atom. The van der Waals surface area contributed by atoms with Crippen LogP contribution in [0.5, 0.6) is 0 Å². The van der Waals surface area contributed by atoms with Gasteiger partial charge in [-0.15, -0.1) is 0 Å². The summed E-state index contributed by atoms with van der Waals surface area (Å²) in [5.41, 5.74) is 0.584. The van der Waals surface area contributed by atoms with E-state index in [0.717, 1.165) is 0 Å². The second-order valence-electron chi connectivity index (χ2n) is 5.36. The molecule has 138 valence electrons. The zero-order valence-corrected chi connectivity index (χ0v) is 13.8.